The molecule has 6 nitrogen and oxygen atoms in total. The van der Waals surface area contributed by atoms with Gasteiger partial charge in [0.05, 0.1) is 34.8 Å². The number of halogens is 4. The maximum Gasteiger partial charge on any atom is 0.261 e. The van der Waals surface area contributed by atoms with E-state index in [2.05, 4.69) is 15.3 Å². The number of hydrogen-bond acceptors (Lipinski definition) is 6. The molecule has 0 saturated carbocycles. The Morgan fingerprint density at radius 3 is 2.74 bits per heavy atom. The Morgan fingerprint density at radius 2 is 2.07 bits per heavy atom. The van der Waals surface area contributed by atoms with Gasteiger partial charge in [0.1, 0.15) is 10.6 Å². The van der Waals surface area contributed by atoms with E-state index in [0.29, 0.717) is 32.2 Å². The maximum absolute atomic E-state index is 12.3. The van der Waals surface area contributed by atoms with Crippen LogP contribution in [-0.4, -0.2) is 36.0 Å². The van der Waals surface area contributed by atoms with Crippen molar-refractivity contribution in [3.8, 4) is 17.0 Å². The highest BCUT2D eigenvalue weighted by Gasteiger charge is 2.21. The number of carbonyl (C=O) groups is 1. The highest BCUT2D eigenvalue weighted by Crippen LogP contribution is 2.42. The van der Waals surface area contributed by atoms with Crippen LogP contribution in [0.15, 0.2) is 18.2 Å². The molecule has 11 heteroatoms. The molecule has 3 rings (SSSR count). The van der Waals surface area contributed by atoms with Gasteiger partial charge >= 0.3 is 0 Å². The number of benzene rings is 1. The van der Waals surface area contributed by atoms with Gasteiger partial charge < -0.3 is 15.8 Å². The number of hydrogen-bond donors (Lipinski definition) is 2. The summed E-state index contributed by atoms with van der Waals surface area (Å²) in [5.41, 5.74) is 6.57. The number of rotatable bonds is 5. The highest BCUT2D eigenvalue weighted by molar-refractivity contribution is 7.20. The Labute approximate surface area is 166 Å². The second kappa shape index (κ2) is 7.79. The van der Waals surface area contributed by atoms with E-state index < -0.39 is 18.9 Å². The summed E-state index contributed by atoms with van der Waals surface area (Å²) in [7, 11) is 1.45. The topological polar surface area (TPSA) is 90.1 Å². The lowest BCUT2D eigenvalue weighted by Gasteiger charge is -2.12. The zero-order valence-electron chi connectivity index (χ0n) is 13.7. The van der Waals surface area contributed by atoms with Gasteiger partial charge in [-0.15, -0.1) is 11.3 Å². The summed E-state index contributed by atoms with van der Waals surface area (Å²) in [6, 6.07) is 4.59. The van der Waals surface area contributed by atoms with Crippen LogP contribution >= 0.6 is 34.5 Å². The molecule has 27 heavy (non-hydrogen) atoms. The molecule has 142 valence electrons. The molecule has 2 heterocycles. The monoisotopic (exact) mass is 432 g/mol. The fraction of sp³-hybridized carbons (Fsp3) is 0.188. The molecule has 3 aromatic rings. The van der Waals surface area contributed by atoms with Crippen molar-refractivity contribution in [1.82, 2.24) is 15.3 Å². The molecule has 0 spiro atoms. The van der Waals surface area contributed by atoms with Crippen molar-refractivity contribution in [3.63, 3.8) is 0 Å². The molecule has 1 aromatic carbocycles. The first kappa shape index (κ1) is 19.5. The number of thiophene rings is 1. The van der Waals surface area contributed by atoms with E-state index >= 15 is 0 Å². The number of alkyl halides is 2. The van der Waals surface area contributed by atoms with Crippen molar-refractivity contribution in [1.29, 1.82) is 0 Å². The van der Waals surface area contributed by atoms with Gasteiger partial charge in [-0.2, -0.15) is 0 Å². The maximum atomic E-state index is 12.3. The molecule has 0 fully saturated rings. The number of ether oxygens (including phenoxy) is 1. The van der Waals surface area contributed by atoms with Crippen LogP contribution in [-0.2, 0) is 0 Å². The number of fused-ring (bicyclic) bond motifs is 1. The third-order valence-electron chi connectivity index (χ3n) is 3.53. The lowest BCUT2D eigenvalue weighted by atomic mass is 10.1. The molecule has 0 unspecified atom stereocenters. The summed E-state index contributed by atoms with van der Waals surface area (Å²) < 4.78 is 30.0. The van der Waals surface area contributed by atoms with Gasteiger partial charge in [0, 0.05) is 10.4 Å². The summed E-state index contributed by atoms with van der Waals surface area (Å²) in [5, 5.41) is 3.28. The van der Waals surface area contributed by atoms with Crippen LogP contribution in [0.2, 0.25) is 10.0 Å². The number of methoxy groups -OCH3 is 1. The highest BCUT2D eigenvalue weighted by atomic mass is 35.5. The Morgan fingerprint density at radius 1 is 1.33 bits per heavy atom. The van der Waals surface area contributed by atoms with Gasteiger partial charge in [-0.3, -0.25) is 4.79 Å². The van der Waals surface area contributed by atoms with Crippen molar-refractivity contribution < 1.29 is 18.3 Å². The fourth-order valence-electron chi connectivity index (χ4n) is 2.44. The van der Waals surface area contributed by atoms with E-state index in [9.17, 15) is 13.6 Å². The normalized spacial score (nSPS) is 11.2. The Balaban J connectivity index is 2.16. The summed E-state index contributed by atoms with van der Waals surface area (Å²) >= 11 is 13.3. The van der Waals surface area contributed by atoms with E-state index in [1.165, 1.54) is 19.2 Å². The first-order valence-corrected chi connectivity index (χ1v) is 9.04. The molecule has 0 aliphatic carbocycles. The number of nitrogens with zero attached hydrogens (tertiary/aromatic N) is 2. The number of aromatic nitrogens is 2. The number of carbonyl (C=O) groups excluding carboxylic acids is 1. The lowest BCUT2D eigenvalue weighted by molar-refractivity contribution is 0.0895. The third-order valence-corrected chi connectivity index (χ3v) is 5.07. The summed E-state index contributed by atoms with van der Waals surface area (Å²) in [6.07, 6.45) is -2.65. The van der Waals surface area contributed by atoms with Crippen molar-refractivity contribution in [3.05, 3.63) is 33.1 Å². The molecule has 0 aliphatic rings. The Bertz CT molecular complexity index is 1030. The predicted molar refractivity (Wildman–Crippen MR) is 102 cm³/mol. The van der Waals surface area contributed by atoms with Gasteiger partial charge in [0.2, 0.25) is 5.95 Å². The standard InChI is InChI=1S/C16H12Cl2F2N4O2S/c1-26-9-3-6(17)2-8(18)12(9)13-7-4-10(14(25)22-5-11(19)20)27-15(7)24-16(21)23-13/h2-4,11H,5H2,1H3,(H,22,25)(H2,21,23,24). The van der Waals surface area contributed by atoms with Crippen molar-refractivity contribution in [2.24, 2.45) is 0 Å². The summed E-state index contributed by atoms with van der Waals surface area (Å²) in [5.74, 6) is -0.314. The summed E-state index contributed by atoms with van der Waals surface area (Å²) in [6.45, 7) is -0.745. The van der Waals surface area contributed by atoms with Gasteiger partial charge in [-0.05, 0) is 18.2 Å². The van der Waals surface area contributed by atoms with Gasteiger partial charge in [-0.25, -0.2) is 18.7 Å². The predicted octanol–water partition coefficient (Wildman–Crippen LogP) is 4.25. The van der Waals surface area contributed by atoms with E-state index in [0.717, 1.165) is 11.3 Å². The molecule has 0 atom stereocenters. The van der Waals surface area contributed by atoms with Crippen LogP contribution < -0.4 is 15.8 Å². The molecule has 3 N–H and O–H groups in total. The third kappa shape index (κ3) is 4.05. The number of anilines is 1. The SMILES string of the molecule is COc1cc(Cl)cc(Cl)c1-c1nc(N)nc2sc(C(=O)NCC(F)F)cc12. The molecule has 0 radical (unpaired) electrons. The summed E-state index contributed by atoms with van der Waals surface area (Å²) in [4.78, 5) is 21.0. The van der Waals surface area contributed by atoms with Crippen LogP contribution in [0.4, 0.5) is 14.7 Å². The van der Waals surface area contributed by atoms with Crippen LogP contribution in [0.1, 0.15) is 9.67 Å². The van der Waals surface area contributed by atoms with Crippen molar-refractivity contribution in [2.45, 2.75) is 6.43 Å². The Hall–Kier alpha value is -2.23. The minimum absolute atomic E-state index is 0.0352. The average Bonchev–Trinajstić information content (AvgIpc) is 3.02. The van der Waals surface area contributed by atoms with Gasteiger partial charge in [0.25, 0.3) is 12.3 Å². The quantitative estimate of drug-likeness (QED) is 0.628. The number of nitrogens with two attached hydrogens (primary N) is 1. The van der Waals surface area contributed by atoms with E-state index in [-0.39, 0.29) is 15.8 Å². The molecule has 0 saturated heterocycles. The number of nitrogen functional groups attached to an aromatic ring is 1. The van der Waals surface area contributed by atoms with E-state index in [1.807, 2.05) is 0 Å². The fourth-order valence-corrected chi connectivity index (χ4v) is 3.96. The second-order valence-corrected chi connectivity index (χ2v) is 7.20. The average molecular weight is 433 g/mol. The molecule has 0 aliphatic heterocycles. The van der Waals surface area contributed by atoms with Crippen LogP contribution in [0.3, 0.4) is 0 Å². The van der Waals surface area contributed by atoms with Crippen molar-refractivity contribution in [2.75, 3.05) is 19.4 Å². The minimum Gasteiger partial charge on any atom is -0.496 e. The zero-order chi connectivity index (χ0) is 19.7. The minimum atomic E-state index is -2.65. The number of nitrogens with one attached hydrogen (secondary N) is 1. The molecule has 2 aromatic heterocycles. The second-order valence-electron chi connectivity index (χ2n) is 5.33. The molecular weight excluding hydrogens is 421 g/mol. The largest absolute Gasteiger partial charge is 0.496 e. The number of amides is 1. The van der Waals surface area contributed by atoms with Crippen LogP contribution in [0.5, 0.6) is 5.75 Å². The molecule has 0 bridgehead atoms. The van der Waals surface area contributed by atoms with Crippen LogP contribution in [0, 0.1) is 0 Å². The Kier molecular flexibility index (Phi) is 5.64. The first-order chi connectivity index (χ1) is 12.8. The lowest BCUT2D eigenvalue weighted by Crippen LogP contribution is -2.27. The molecule has 1 amide bonds. The molecular formula is C16H12Cl2F2N4O2S. The van der Waals surface area contributed by atoms with E-state index in [1.54, 1.807) is 6.07 Å². The van der Waals surface area contributed by atoms with Gasteiger partial charge in [-0.1, -0.05) is 23.2 Å². The van der Waals surface area contributed by atoms with Gasteiger partial charge in [0.15, 0.2) is 0 Å². The zero-order valence-corrected chi connectivity index (χ0v) is 16.1. The van der Waals surface area contributed by atoms with Crippen molar-refractivity contribution >= 4 is 56.6 Å². The smallest absolute Gasteiger partial charge is 0.261 e. The van der Waals surface area contributed by atoms with E-state index in [4.69, 9.17) is 33.7 Å². The van der Waals surface area contributed by atoms with Crippen LogP contribution in [0.25, 0.3) is 21.5 Å². The first-order valence-electron chi connectivity index (χ1n) is 7.47.